The van der Waals surface area contributed by atoms with Crippen LogP contribution < -0.4 is 10.8 Å². The van der Waals surface area contributed by atoms with E-state index in [0.717, 1.165) is 17.7 Å². The molecule has 1 aliphatic rings. The molecule has 0 aromatic carbocycles. The van der Waals surface area contributed by atoms with Gasteiger partial charge in [-0.3, -0.25) is 4.98 Å². The molecule has 5 heteroatoms. The van der Waals surface area contributed by atoms with Crippen molar-refractivity contribution >= 4 is 18.3 Å². The van der Waals surface area contributed by atoms with Crippen molar-refractivity contribution in [3.63, 3.8) is 0 Å². The van der Waals surface area contributed by atoms with Gasteiger partial charge < -0.3 is 14.6 Å². The van der Waals surface area contributed by atoms with E-state index in [2.05, 4.69) is 44.9 Å². The standard InChI is InChI=1S/C13H21BN2O2/c1-6-16-11-7-10(8-15-9-11)14-17-12(2,3)13(4,5)18-14/h7-9,16H,6H2,1-5H3. The number of hydrogen-bond donors (Lipinski definition) is 1. The summed E-state index contributed by atoms with van der Waals surface area (Å²) in [6.45, 7) is 11.1. The second-order valence-electron chi connectivity index (χ2n) is 5.63. The molecule has 0 unspecified atom stereocenters. The van der Waals surface area contributed by atoms with E-state index in [1.807, 2.05) is 6.07 Å². The highest BCUT2D eigenvalue weighted by Crippen LogP contribution is 2.36. The Bertz CT molecular complexity index is 419. The summed E-state index contributed by atoms with van der Waals surface area (Å²) >= 11 is 0. The van der Waals surface area contributed by atoms with Gasteiger partial charge in [-0.2, -0.15) is 0 Å². The van der Waals surface area contributed by atoms with Crippen molar-refractivity contribution < 1.29 is 9.31 Å². The molecular formula is C13H21BN2O2. The van der Waals surface area contributed by atoms with Gasteiger partial charge in [-0.05, 0) is 40.7 Å². The molecule has 1 N–H and O–H groups in total. The second-order valence-corrected chi connectivity index (χ2v) is 5.63. The topological polar surface area (TPSA) is 43.4 Å². The van der Waals surface area contributed by atoms with Gasteiger partial charge in [-0.1, -0.05) is 0 Å². The summed E-state index contributed by atoms with van der Waals surface area (Å²) in [6, 6.07) is 2.03. The molecule has 0 saturated carbocycles. The first-order chi connectivity index (χ1) is 8.36. The van der Waals surface area contributed by atoms with Crippen molar-refractivity contribution in [3.05, 3.63) is 18.5 Å². The smallest absolute Gasteiger partial charge is 0.399 e. The van der Waals surface area contributed by atoms with Gasteiger partial charge in [0.1, 0.15) is 0 Å². The molecule has 0 bridgehead atoms. The van der Waals surface area contributed by atoms with E-state index in [1.54, 1.807) is 12.4 Å². The van der Waals surface area contributed by atoms with E-state index < -0.39 is 0 Å². The highest BCUT2D eigenvalue weighted by molar-refractivity contribution is 6.62. The minimum atomic E-state index is -0.346. The normalized spacial score (nSPS) is 21.1. The molecule has 4 nitrogen and oxygen atoms in total. The predicted octanol–water partition coefficient (Wildman–Crippen LogP) is 1.81. The van der Waals surface area contributed by atoms with Gasteiger partial charge in [-0.15, -0.1) is 0 Å². The van der Waals surface area contributed by atoms with Crippen LogP contribution >= 0.6 is 0 Å². The summed E-state index contributed by atoms with van der Waals surface area (Å²) in [7, 11) is -0.346. The van der Waals surface area contributed by atoms with E-state index in [4.69, 9.17) is 9.31 Å². The molecule has 0 atom stereocenters. The van der Waals surface area contributed by atoms with Crippen LogP contribution in [-0.4, -0.2) is 29.8 Å². The number of anilines is 1. The Morgan fingerprint density at radius 1 is 1.17 bits per heavy atom. The van der Waals surface area contributed by atoms with Crippen molar-refractivity contribution in [1.82, 2.24) is 4.98 Å². The Balaban J connectivity index is 2.21. The molecule has 1 aromatic rings. The third kappa shape index (κ3) is 2.38. The maximum Gasteiger partial charge on any atom is 0.496 e. The second kappa shape index (κ2) is 4.55. The molecule has 0 spiro atoms. The first-order valence-electron chi connectivity index (χ1n) is 6.40. The van der Waals surface area contributed by atoms with Crippen LogP contribution in [0.1, 0.15) is 34.6 Å². The fraction of sp³-hybridized carbons (Fsp3) is 0.615. The van der Waals surface area contributed by atoms with Crippen LogP contribution in [0.2, 0.25) is 0 Å². The quantitative estimate of drug-likeness (QED) is 0.828. The number of nitrogens with zero attached hydrogens (tertiary/aromatic N) is 1. The Morgan fingerprint density at radius 3 is 2.33 bits per heavy atom. The van der Waals surface area contributed by atoms with E-state index in [1.165, 1.54) is 0 Å². The Hall–Kier alpha value is -1.07. The van der Waals surface area contributed by atoms with Crippen LogP contribution in [-0.2, 0) is 9.31 Å². The Kier molecular flexibility index (Phi) is 3.38. The van der Waals surface area contributed by atoms with Crippen molar-refractivity contribution in [2.75, 3.05) is 11.9 Å². The van der Waals surface area contributed by atoms with Crippen LogP contribution in [0.25, 0.3) is 0 Å². The monoisotopic (exact) mass is 248 g/mol. The third-order valence-electron chi connectivity index (χ3n) is 3.67. The molecule has 98 valence electrons. The molecule has 0 amide bonds. The van der Waals surface area contributed by atoms with Crippen molar-refractivity contribution in [2.24, 2.45) is 0 Å². The molecular weight excluding hydrogens is 227 g/mol. The lowest BCUT2D eigenvalue weighted by molar-refractivity contribution is 0.00578. The third-order valence-corrected chi connectivity index (χ3v) is 3.67. The van der Waals surface area contributed by atoms with Gasteiger partial charge in [0.25, 0.3) is 0 Å². The molecule has 1 fully saturated rings. The van der Waals surface area contributed by atoms with Gasteiger partial charge in [0, 0.05) is 24.4 Å². The van der Waals surface area contributed by atoms with Crippen molar-refractivity contribution in [3.8, 4) is 0 Å². The van der Waals surface area contributed by atoms with Gasteiger partial charge in [0.2, 0.25) is 0 Å². The van der Waals surface area contributed by atoms with E-state index in [9.17, 15) is 0 Å². The van der Waals surface area contributed by atoms with E-state index in [0.29, 0.717) is 0 Å². The maximum atomic E-state index is 5.99. The number of nitrogens with one attached hydrogen (secondary N) is 1. The molecule has 1 aliphatic heterocycles. The summed E-state index contributed by atoms with van der Waals surface area (Å²) in [4.78, 5) is 4.22. The molecule has 1 saturated heterocycles. The number of pyridine rings is 1. The summed E-state index contributed by atoms with van der Waals surface area (Å²) < 4.78 is 12.0. The summed E-state index contributed by atoms with van der Waals surface area (Å²) in [5.74, 6) is 0. The zero-order chi connectivity index (χ0) is 13.4. The molecule has 0 aliphatic carbocycles. The molecule has 2 heterocycles. The van der Waals surface area contributed by atoms with Gasteiger partial charge in [0.05, 0.1) is 16.9 Å². The van der Waals surface area contributed by atoms with Crippen LogP contribution in [0.15, 0.2) is 18.5 Å². The van der Waals surface area contributed by atoms with Gasteiger partial charge in [-0.25, -0.2) is 0 Å². The van der Waals surface area contributed by atoms with Gasteiger partial charge in [0.15, 0.2) is 0 Å². The summed E-state index contributed by atoms with van der Waals surface area (Å²) in [6.07, 6.45) is 3.60. The van der Waals surface area contributed by atoms with E-state index in [-0.39, 0.29) is 18.3 Å². The lowest BCUT2D eigenvalue weighted by Crippen LogP contribution is -2.41. The minimum absolute atomic E-state index is 0.314. The Morgan fingerprint density at radius 2 is 1.78 bits per heavy atom. The minimum Gasteiger partial charge on any atom is -0.399 e. The molecule has 1 aromatic heterocycles. The zero-order valence-corrected chi connectivity index (χ0v) is 11.8. The van der Waals surface area contributed by atoms with Crippen molar-refractivity contribution in [2.45, 2.75) is 45.8 Å². The lowest BCUT2D eigenvalue weighted by atomic mass is 9.80. The molecule has 18 heavy (non-hydrogen) atoms. The van der Waals surface area contributed by atoms with Crippen LogP contribution in [0.5, 0.6) is 0 Å². The summed E-state index contributed by atoms with van der Waals surface area (Å²) in [5, 5.41) is 3.24. The Labute approximate surface area is 109 Å². The maximum absolute atomic E-state index is 5.99. The predicted molar refractivity (Wildman–Crippen MR) is 74.1 cm³/mol. The zero-order valence-electron chi connectivity index (χ0n) is 11.8. The fourth-order valence-electron chi connectivity index (χ4n) is 1.87. The van der Waals surface area contributed by atoms with Crippen molar-refractivity contribution in [1.29, 1.82) is 0 Å². The highest BCUT2D eigenvalue weighted by atomic mass is 16.7. The van der Waals surface area contributed by atoms with Gasteiger partial charge >= 0.3 is 7.12 Å². The lowest BCUT2D eigenvalue weighted by Gasteiger charge is -2.32. The van der Waals surface area contributed by atoms with E-state index >= 15 is 0 Å². The van der Waals surface area contributed by atoms with Crippen LogP contribution in [0, 0.1) is 0 Å². The highest BCUT2D eigenvalue weighted by Gasteiger charge is 2.51. The number of aromatic nitrogens is 1. The fourth-order valence-corrected chi connectivity index (χ4v) is 1.87. The number of rotatable bonds is 3. The van der Waals surface area contributed by atoms with Crippen LogP contribution in [0.4, 0.5) is 5.69 Å². The largest absolute Gasteiger partial charge is 0.496 e. The molecule has 2 rings (SSSR count). The SMILES string of the molecule is CCNc1cncc(B2OC(C)(C)C(C)(C)O2)c1. The first kappa shape index (κ1) is 13.4. The first-order valence-corrected chi connectivity index (χ1v) is 6.40. The molecule has 0 radical (unpaired) electrons. The average Bonchev–Trinajstić information content (AvgIpc) is 2.49. The van der Waals surface area contributed by atoms with Crippen LogP contribution in [0.3, 0.4) is 0 Å². The average molecular weight is 248 g/mol. The number of hydrogen-bond acceptors (Lipinski definition) is 4. The summed E-state index contributed by atoms with van der Waals surface area (Å²) in [5.41, 5.74) is 1.31.